The van der Waals surface area contributed by atoms with Crippen LogP contribution in [0.25, 0.3) is 0 Å². The molecule has 0 N–H and O–H groups in total. The molecule has 0 aromatic heterocycles. The van der Waals surface area contributed by atoms with E-state index < -0.39 is 23.7 Å². The van der Waals surface area contributed by atoms with Gasteiger partial charge in [0.15, 0.2) is 0 Å². The van der Waals surface area contributed by atoms with E-state index in [0.717, 1.165) is 4.79 Å². The molecule has 4 heteroatoms. The number of hydrogen-bond acceptors (Lipinski definition) is 0. The first-order valence-electron chi connectivity index (χ1n) is 5.12. The van der Waals surface area contributed by atoms with Crippen molar-refractivity contribution < 1.29 is 0 Å². The van der Waals surface area contributed by atoms with E-state index in [4.69, 9.17) is 0 Å². The van der Waals surface area contributed by atoms with E-state index in [1.165, 1.54) is 0 Å². The molecule has 0 saturated carbocycles. The fourth-order valence-corrected chi connectivity index (χ4v) is 39.0. The Bertz CT molecular complexity index is 134. The van der Waals surface area contributed by atoms with E-state index in [1.807, 2.05) is 0 Å². The van der Waals surface area contributed by atoms with E-state index in [0.29, 0.717) is 0 Å². The van der Waals surface area contributed by atoms with Gasteiger partial charge in [0.2, 0.25) is 0 Å². The smallest absolute Gasteiger partial charge is 0.0418 e. The van der Waals surface area contributed by atoms with Gasteiger partial charge in [0.05, 0.1) is 0 Å². The quantitative estimate of drug-likeness (QED) is 0.668. The maximum atomic E-state index is 4.08. The molecule has 0 bridgehead atoms. The molecule has 0 aliphatic rings. The Kier molecular flexibility index (Phi) is 4.04. The number of hydrogen-bond donors (Lipinski definition) is 0. The van der Waals surface area contributed by atoms with Crippen molar-refractivity contribution in [2.75, 3.05) is 0 Å². The molecule has 0 fully saturated rings. The zero-order valence-electron chi connectivity index (χ0n) is 10.6. The minimum absolute atomic E-state index is 0.983. The Morgan fingerprint density at radius 3 is 0.923 bits per heavy atom. The van der Waals surface area contributed by atoms with Gasteiger partial charge in [-0.05, 0) is 0 Å². The minimum atomic E-state index is -1.13. The molecule has 13 heavy (non-hydrogen) atoms. The van der Waals surface area contributed by atoms with Gasteiger partial charge in [0, 0.05) is 33.5 Å². The molecule has 0 heterocycles. The molecule has 0 atom stereocenters. The van der Waals surface area contributed by atoms with Crippen molar-refractivity contribution in [1.82, 2.24) is 0 Å². The van der Waals surface area contributed by atoms with Crippen LogP contribution in [-0.2, 0) is 0 Å². The minimum Gasteiger partial charge on any atom is -0.0721 e. The molecule has 0 unspecified atom stereocenters. The molecule has 0 aliphatic carbocycles. The van der Waals surface area contributed by atoms with E-state index >= 15 is 0 Å². The average molecular weight is 246 g/mol. The molecule has 77 valence electrons. The number of rotatable bonds is 3. The lowest BCUT2D eigenvalue weighted by atomic mass is 11.7. The van der Waals surface area contributed by atoms with Gasteiger partial charge in [-0.1, -0.05) is 57.2 Å². The van der Waals surface area contributed by atoms with Crippen LogP contribution in [0.4, 0.5) is 0 Å². The normalized spacial score (nSPS) is 15.2. The van der Waals surface area contributed by atoms with Crippen molar-refractivity contribution in [2.24, 2.45) is 0 Å². The van der Waals surface area contributed by atoms with Crippen LogP contribution in [0.5, 0.6) is 0 Å². The van der Waals surface area contributed by atoms with Gasteiger partial charge in [-0.15, -0.1) is 0 Å². The zero-order valence-corrected chi connectivity index (χ0v) is 14.6. The highest BCUT2D eigenvalue weighted by Crippen LogP contribution is 2.38. The second-order valence-electron chi connectivity index (χ2n) is 6.89. The fourth-order valence-electron chi connectivity index (χ4n) is 3.46. The third-order valence-electron chi connectivity index (χ3n) is 2.45. The third-order valence-corrected chi connectivity index (χ3v) is 24.7. The SMILES string of the molecule is C[Si](C)(C)C([Si](C)(C)C)[Si](C)(C)[Si]. The van der Waals surface area contributed by atoms with Crippen LogP contribution in [0.1, 0.15) is 0 Å². The van der Waals surface area contributed by atoms with Crippen LogP contribution in [0.2, 0.25) is 57.2 Å². The molecule has 0 saturated heterocycles. The summed E-state index contributed by atoms with van der Waals surface area (Å²) in [5.74, 6) is 0. The Morgan fingerprint density at radius 2 is 0.923 bits per heavy atom. The molecule has 0 aromatic carbocycles. The van der Waals surface area contributed by atoms with Gasteiger partial charge in [0.1, 0.15) is 0 Å². The second kappa shape index (κ2) is 3.79. The predicted octanol–water partition coefficient (Wildman–Crippen LogP) is 3.49. The van der Waals surface area contributed by atoms with Crippen molar-refractivity contribution in [2.45, 2.75) is 57.2 Å². The van der Waals surface area contributed by atoms with Crippen LogP contribution in [-0.4, -0.2) is 33.5 Å². The summed E-state index contributed by atoms with van der Waals surface area (Å²) in [6.07, 6.45) is 0. The molecular formula is C9H25Si4. The molecule has 0 amide bonds. The van der Waals surface area contributed by atoms with Gasteiger partial charge in [-0.25, -0.2) is 0 Å². The Labute approximate surface area is 90.8 Å². The fraction of sp³-hybridized carbons (Fsp3) is 1.00. The Hall–Kier alpha value is 0.868. The third kappa shape index (κ3) is 4.27. The highest BCUT2D eigenvalue weighted by atomic mass is 29.2. The van der Waals surface area contributed by atoms with Crippen molar-refractivity contribution in [3.8, 4) is 0 Å². The Balaban J connectivity index is 5.02. The van der Waals surface area contributed by atoms with Crippen LogP contribution >= 0.6 is 0 Å². The van der Waals surface area contributed by atoms with Crippen molar-refractivity contribution in [3.05, 3.63) is 0 Å². The van der Waals surface area contributed by atoms with Crippen LogP contribution < -0.4 is 0 Å². The topological polar surface area (TPSA) is 0 Å². The summed E-state index contributed by atoms with van der Waals surface area (Å²) in [6.45, 7) is 20.1. The van der Waals surface area contributed by atoms with Crippen LogP contribution in [0.3, 0.4) is 0 Å². The predicted molar refractivity (Wildman–Crippen MR) is 73.7 cm³/mol. The maximum Gasteiger partial charge on any atom is 0.0418 e. The highest BCUT2D eigenvalue weighted by molar-refractivity contribution is 7.29. The summed E-state index contributed by atoms with van der Waals surface area (Å²) < 4.78 is 0. The molecule has 0 spiro atoms. The van der Waals surface area contributed by atoms with Crippen molar-refractivity contribution in [3.63, 3.8) is 0 Å². The lowest BCUT2D eigenvalue weighted by molar-refractivity contribution is 1.37. The van der Waals surface area contributed by atoms with Crippen molar-refractivity contribution >= 4 is 33.5 Å². The average Bonchev–Trinajstić information content (AvgIpc) is 1.44. The summed E-state index contributed by atoms with van der Waals surface area (Å²) in [6, 6.07) is 0. The van der Waals surface area contributed by atoms with E-state index in [1.54, 1.807) is 0 Å². The largest absolute Gasteiger partial charge is 0.0721 e. The van der Waals surface area contributed by atoms with Gasteiger partial charge in [-0.2, -0.15) is 0 Å². The molecule has 0 rings (SSSR count). The lowest BCUT2D eigenvalue weighted by Crippen LogP contribution is -2.57. The highest BCUT2D eigenvalue weighted by Gasteiger charge is 2.45. The van der Waals surface area contributed by atoms with E-state index in [9.17, 15) is 0 Å². The summed E-state index contributed by atoms with van der Waals surface area (Å²) in [5, 5.41) is 0. The van der Waals surface area contributed by atoms with Gasteiger partial charge in [-0.3, -0.25) is 0 Å². The molecule has 0 aromatic rings. The van der Waals surface area contributed by atoms with Gasteiger partial charge >= 0.3 is 0 Å². The molecule has 0 nitrogen and oxygen atoms in total. The first-order chi connectivity index (χ1) is 5.37. The van der Waals surface area contributed by atoms with E-state index in [2.05, 4.69) is 62.1 Å². The summed E-state index contributed by atoms with van der Waals surface area (Å²) in [5.41, 5.74) is 0. The second-order valence-corrected chi connectivity index (χ2v) is 27.1. The molecular weight excluding hydrogens is 220 g/mol. The standard InChI is InChI=1S/C9H25Si4/c1-11(2,3)9(12(4,5)6)13(7,8)10/h9H,1-8H3. The summed E-state index contributed by atoms with van der Waals surface area (Å²) >= 11 is 0. The molecule has 3 radical (unpaired) electrons. The van der Waals surface area contributed by atoms with Crippen LogP contribution in [0.15, 0.2) is 0 Å². The van der Waals surface area contributed by atoms with Gasteiger partial charge in [0.25, 0.3) is 0 Å². The first-order valence-corrected chi connectivity index (χ1v) is 16.8. The van der Waals surface area contributed by atoms with E-state index in [-0.39, 0.29) is 0 Å². The Morgan fingerprint density at radius 1 is 0.692 bits per heavy atom. The van der Waals surface area contributed by atoms with Gasteiger partial charge < -0.3 is 0 Å². The molecule has 0 aliphatic heterocycles. The van der Waals surface area contributed by atoms with Crippen molar-refractivity contribution in [1.29, 1.82) is 0 Å². The monoisotopic (exact) mass is 245 g/mol. The first kappa shape index (κ1) is 13.9. The summed E-state index contributed by atoms with van der Waals surface area (Å²) in [4.78, 5) is 1.06. The zero-order chi connectivity index (χ0) is 11.1. The van der Waals surface area contributed by atoms with Crippen LogP contribution in [0, 0.1) is 0 Å². The summed E-state index contributed by atoms with van der Waals surface area (Å²) in [7, 11) is 0.985. The lowest BCUT2D eigenvalue weighted by Gasteiger charge is -2.46. The maximum absolute atomic E-state index is 4.08.